The quantitative estimate of drug-likeness (QED) is 0.835. The third-order valence-electron chi connectivity index (χ3n) is 3.79. The molecule has 3 rings (SSSR count). The standard InChI is InChI=1S/C17H21N3OS2/c21-17(13-22-12-15-4-3-9-23-15)19-11-14-5-6-16(18-10-14)20-7-1-2-8-20/h3-6,9-10H,1-2,7-8,11-13H2,(H,19,21). The number of nitrogens with zero attached hydrogens (tertiary/aromatic N) is 2. The summed E-state index contributed by atoms with van der Waals surface area (Å²) in [5, 5.41) is 5.02. The molecule has 3 heterocycles. The number of hydrogen-bond acceptors (Lipinski definition) is 5. The van der Waals surface area contributed by atoms with E-state index in [-0.39, 0.29) is 5.91 Å². The van der Waals surface area contributed by atoms with Crippen molar-refractivity contribution in [2.75, 3.05) is 23.7 Å². The first-order valence-corrected chi connectivity index (χ1v) is 9.91. The average molecular weight is 348 g/mol. The molecule has 2 aromatic rings. The Morgan fingerprint density at radius 2 is 2.17 bits per heavy atom. The number of thiophene rings is 1. The molecule has 1 saturated heterocycles. The number of aromatic nitrogens is 1. The van der Waals surface area contributed by atoms with E-state index in [9.17, 15) is 4.79 Å². The van der Waals surface area contributed by atoms with E-state index in [2.05, 4.69) is 38.8 Å². The fraction of sp³-hybridized carbons (Fsp3) is 0.412. The molecule has 0 spiro atoms. The lowest BCUT2D eigenvalue weighted by molar-refractivity contribution is -0.118. The first kappa shape index (κ1) is 16.3. The Labute approximate surface area is 145 Å². The summed E-state index contributed by atoms with van der Waals surface area (Å²) >= 11 is 3.38. The third kappa shape index (κ3) is 4.97. The van der Waals surface area contributed by atoms with Gasteiger partial charge in [0.15, 0.2) is 0 Å². The summed E-state index contributed by atoms with van der Waals surface area (Å²) in [6.07, 6.45) is 4.37. The monoisotopic (exact) mass is 347 g/mol. The van der Waals surface area contributed by atoms with Crippen LogP contribution in [-0.2, 0) is 17.1 Å². The molecule has 0 unspecified atom stereocenters. The zero-order chi connectivity index (χ0) is 15.9. The Bertz CT molecular complexity index is 607. The van der Waals surface area contributed by atoms with Crippen LogP contribution in [-0.4, -0.2) is 29.7 Å². The van der Waals surface area contributed by atoms with Crippen molar-refractivity contribution in [2.45, 2.75) is 25.1 Å². The highest BCUT2D eigenvalue weighted by Gasteiger charge is 2.13. The number of anilines is 1. The lowest BCUT2D eigenvalue weighted by Gasteiger charge is -2.16. The molecule has 1 aliphatic rings. The van der Waals surface area contributed by atoms with Crippen LogP contribution in [0.3, 0.4) is 0 Å². The summed E-state index contributed by atoms with van der Waals surface area (Å²) in [5.41, 5.74) is 1.05. The Balaban J connectivity index is 1.38. The summed E-state index contributed by atoms with van der Waals surface area (Å²) in [7, 11) is 0. The molecule has 122 valence electrons. The predicted octanol–water partition coefficient (Wildman–Crippen LogP) is 3.29. The van der Waals surface area contributed by atoms with Crippen LogP contribution in [0.15, 0.2) is 35.8 Å². The van der Waals surface area contributed by atoms with Gasteiger partial charge in [-0.2, -0.15) is 0 Å². The van der Waals surface area contributed by atoms with E-state index < -0.39 is 0 Å². The highest BCUT2D eigenvalue weighted by Crippen LogP contribution is 2.18. The molecule has 0 radical (unpaired) electrons. The Hall–Kier alpha value is -1.53. The van der Waals surface area contributed by atoms with Gasteiger partial charge in [-0.15, -0.1) is 23.1 Å². The van der Waals surface area contributed by atoms with Crippen LogP contribution in [0.2, 0.25) is 0 Å². The molecule has 0 aliphatic carbocycles. The van der Waals surface area contributed by atoms with Crippen molar-refractivity contribution < 1.29 is 4.79 Å². The number of thioether (sulfide) groups is 1. The zero-order valence-corrected chi connectivity index (χ0v) is 14.7. The second kappa shape index (κ2) is 8.36. The number of rotatable bonds is 7. The van der Waals surface area contributed by atoms with Crippen LogP contribution in [0, 0.1) is 0 Å². The topological polar surface area (TPSA) is 45.2 Å². The second-order valence-corrected chi connectivity index (χ2v) is 7.59. The fourth-order valence-electron chi connectivity index (χ4n) is 2.55. The molecule has 6 heteroatoms. The maximum absolute atomic E-state index is 11.9. The highest BCUT2D eigenvalue weighted by molar-refractivity contribution is 7.99. The Kier molecular flexibility index (Phi) is 5.93. The highest BCUT2D eigenvalue weighted by atomic mass is 32.2. The van der Waals surface area contributed by atoms with Gasteiger partial charge in [0.1, 0.15) is 5.82 Å². The van der Waals surface area contributed by atoms with Crippen molar-refractivity contribution >= 4 is 34.8 Å². The van der Waals surface area contributed by atoms with Crippen LogP contribution in [0.4, 0.5) is 5.82 Å². The average Bonchev–Trinajstić information content (AvgIpc) is 3.27. The molecule has 2 aromatic heterocycles. The Morgan fingerprint density at radius 1 is 1.30 bits per heavy atom. The van der Waals surface area contributed by atoms with Crippen LogP contribution < -0.4 is 10.2 Å². The van der Waals surface area contributed by atoms with Gasteiger partial charge in [0.2, 0.25) is 5.91 Å². The lowest BCUT2D eigenvalue weighted by atomic mass is 10.2. The molecule has 0 atom stereocenters. The molecular weight excluding hydrogens is 326 g/mol. The first-order chi connectivity index (χ1) is 11.3. The maximum atomic E-state index is 11.9. The molecular formula is C17H21N3OS2. The van der Waals surface area contributed by atoms with Crippen molar-refractivity contribution in [1.82, 2.24) is 10.3 Å². The van der Waals surface area contributed by atoms with Crippen molar-refractivity contribution in [3.8, 4) is 0 Å². The minimum Gasteiger partial charge on any atom is -0.357 e. The van der Waals surface area contributed by atoms with Crippen LogP contribution in [0.25, 0.3) is 0 Å². The number of nitrogens with one attached hydrogen (secondary N) is 1. The lowest BCUT2D eigenvalue weighted by Crippen LogP contribution is -2.25. The van der Waals surface area contributed by atoms with Gasteiger partial charge >= 0.3 is 0 Å². The number of amides is 1. The molecule has 4 nitrogen and oxygen atoms in total. The number of carbonyl (C=O) groups is 1. The summed E-state index contributed by atoms with van der Waals surface area (Å²) in [6.45, 7) is 2.75. The normalized spacial score (nSPS) is 14.2. The van der Waals surface area contributed by atoms with E-state index in [1.54, 1.807) is 23.1 Å². The summed E-state index contributed by atoms with van der Waals surface area (Å²) in [4.78, 5) is 20.0. The molecule has 23 heavy (non-hydrogen) atoms. The second-order valence-electron chi connectivity index (χ2n) is 5.57. The molecule has 1 fully saturated rings. The summed E-state index contributed by atoms with van der Waals surface area (Å²) in [6, 6.07) is 8.25. The minimum absolute atomic E-state index is 0.0789. The molecule has 0 saturated carbocycles. The summed E-state index contributed by atoms with van der Waals surface area (Å²) in [5.74, 6) is 2.52. The van der Waals surface area contributed by atoms with Gasteiger partial charge in [0.25, 0.3) is 0 Å². The molecule has 0 bridgehead atoms. The summed E-state index contributed by atoms with van der Waals surface area (Å²) < 4.78 is 0. The smallest absolute Gasteiger partial charge is 0.230 e. The zero-order valence-electron chi connectivity index (χ0n) is 13.0. The van der Waals surface area contributed by atoms with Gasteiger partial charge < -0.3 is 10.2 Å². The van der Waals surface area contributed by atoms with E-state index in [0.717, 1.165) is 30.2 Å². The van der Waals surface area contributed by atoms with E-state index in [1.807, 2.05) is 12.3 Å². The fourth-order valence-corrected chi connectivity index (χ4v) is 4.24. The number of carbonyl (C=O) groups excluding carboxylic acids is 1. The minimum atomic E-state index is 0.0789. The SMILES string of the molecule is O=C(CSCc1cccs1)NCc1ccc(N2CCCC2)nc1. The van der Waals surface area contributed by atoms with Crippen LogP contribution in [0.1, 0.15) is 23.3 Å². The van der Waals surface area contributed by atoms with Crippen molar-refractivity contribution in [3.05, 3.63) is 46.3 Å². The van der Waals surface area contributed by atoms with Crippen molar-refractivity contribution in [1.29, 1.82) is 0 Å². The van der Waals surface area contributed by atoms with Gasteiger partial charge in [-0.3, -0.25) is 4.79 Å². The van der Waals surface area contributed by atoms with E-state index >= 15 is 0 Å². The molecule has 1 amide bonds. The van der Waals surface area contributed by atoms with Crippen LogP contribution >= 0.6 is 23.1 Å². The molecule has 0 aromatic carbocycles. The molecule has 1 aliphatic heterocycles. The number of pyridine rings is 1. The molecule has 1 N–H and O–H groups in total. The van der Waals surface area contributed by atoms with Gasteiger partial charge in [0.05, 0.1) is 5.75 Å². The van der Waals surface area contributed by atoms with Crippen molar-refractivity contribution in [2.24, 2.45) is 0 Å². The van der Waals surface area contributed by atoms with Crippen LogP contribution in [0.5, 0.6) is 0 Å². The van der Waals surface area contributed by atoms with Gasteiger partial charge in [-0.25, -0.2) is 4.98 Å². The largest absolute Gasteiger partial charge is 0.357 e. The van der Waals surface area contributed by atoms with Crippen molar-refractivity contribution in [3.63, 3.8) is 0 Å². The Morgan fingerprint density at radius 3 is 2.87 bits per heavy atom. The predicted molar refractivity (Wildman–Crippen MR) is 98.0 cm³/mol. The van der Waals surface area contributed by atoms with Gasteiger partial charge in [0, 0.05) is 36.5 Å². The van der Waals surface area contributed by atoms with Gasteiger partial charge in [-0.05, 0) is 35.9 Å². The number of hydrogen-bond donors (Lipinski definition) is 1. The van der Waals surface area contributed by atoms with E-state index in [4.69, 9.17) is 0 Å². The van der Waals surface area contributed by atoms with Gasteiger partial charge in [-0.1, -0.05) is 12.1 Å². The third-order valence-corrected chi connectivity index (χ3v) is 5.83. The van der Waals surface area contributed by atoms with E-state index in [0.29, 0.717) is 12.3 Å². The van der Waals surface area contributed by atoms with E-state index in [1.165, 1.54) is 17.7 Å². The maximum Gasteiger partial charge on any atom is 0.230 e. The first-order valence-electron chi connectivity index (χ1n) is 7.88.